The minimum atomic E-state index is -0.0169. The van der Waals surface area contributed by atoms with E-state index in [9.17, 15) is 0 Å². The molecule has 0 aliphatic carbocycles. The first-order valence-electron chi connectivity index (χ1n) is 3.87. The van der Waals surface area contributed by atoms with Crippen LogP contribution in [0.2, 0.25) is 0 Å². The van der Waals surface area contributed by atoms with E-state index in [4.69, 9.17) is 17.0 Å². The predicted octanol–water partition coefficient (Wildman–Crippen LogP) is 2.80. The molecule has 64 valence electrons. The second kappa shape index (κ2) is 3.15. The Morgan fingerprint density at radius 3 is 2.77 bits per heavy atom. The molecule has 1 aromatic heterocycles. The van der Waals surface area contributed by atoms with Crippen LogP contribution >= 0.6 is 11.6 Å². The third kappa shape index (κ3) is 1.40. The van der Waals surface area contributed by atoms with Gasteiger partial charge in [0.2, 0.25) is 0 Å². The van der Waals surface area contributed by atoms with Crippen LogP contribution in [0.25, 0.3) is 10.8 Å². The zero-order chi connectivity index (χ0) is 9.26. The van der Waals surface area contributed by atoms with Crippen LogP contribution in [0.3, 0.4) is 0 Å². The highest BCUT2D eigenvalue weighted by atomic mass is 35.5. The molecular formula is C10H7ClN2. The molecule has 2 nitrogen and oxygen atoms in total. The Morgan fingerprint density at radius 1 is 1.23 bits per heavy atom. The normalized spacial score (nSPS) is 10.2. The maximum absolute atomic E-state index is 7.32. The quantitative estimate of drug-likeness (QED) is 0.690. The Kier molecular flexibility index (Phi) is 1.99. The van der Waals surface area contributed by atoms with Gasteiger partial charge < -0.3 is 0 Å². The number of fused-ring (bicyclic) bond motifs is 1. The van der Waals surface area contributed by atoms with Gasteiger partial charge >= 0.3 is 0 Å². The monoisotopic (exact) mass is 190 g/mol. The molecule has 1 heterocycles. The number of benzene rings is 1. The van der Waals surface area contributed by atoms with Gasteiger partial charge in [0, 0.05) is 11.6 Å². The highest BCUT2D eigenvalue weighted by Gasteiger charge is 2.03. The third-order valence-corrected chi connectivity index (χ3v) is 2.06. The molecule has 0 saturated carbocycles. The van der Waals surface area contributed by atoms with E-state index in [1.54, 1.807) is 6.20 Å². The van der Waals surface area contributed by atoms with Crippen LogP contribution in [0.4, 0.5) is 0 Å². The van der Waals surface area contributed by atoms with Gasteiger partial charge in [-0.15, -0.1) is 0 Å². The van der Waals surface area contributed by atoms with Crippen molar-refractivity contribution in [2.24, 2.45) is 0 Å². The number of halogens is 1. The Labute approximate surface area is 80.7 Å². The zero-order valence-electron chi connectivity index (χ0n) is 6.79. The average molecular weight is 191 g/mol. The average Bonchev–Trinajstić information content (AvgIpc) is 2.17. The summed E-state index contributed by atoms with van der Waals surface area (Å²) in [5.41, 5.74) is 0.541. The number of rotatable bonds is 1. The topological polar surface area (TPSA) is 36.7 Å². The van der Waals surface area contributed by atoms with Crippen LogP contribution in [0.1, 0.15) is 5.69 Å². The van der Waals surface area contributed by atoms with E-state index < -0.39 is 0 Å². The van der Waals surface area contributed by atoms with E-state index in [0.717, 1.165) is 10.8 Å². The SMILES string of the molecule is N=C(Cl)c1nccc2ccccc12. The van der Waals surface area contributed by atoms with Crippen LogP contribution in [0.5, 0.6) is 0 Å². The van der Waals surface area contributed by atoms with Gasteiger partial charge in [0.25, 0.3) is 0 Å². The number of nitrogens with one attached hydrogen (secondary N) is 1. The molecule has 2 rings (SSSR count). The first-order chi connectivity index (χ1) is 6.29. The molecule has 1 aromatic carbocycles. The van der Waals surface area contributed by atoms with Crippen molar-refractivity contribution in [3.63, 3.8) is 0 Å². The summed E-state index contributed by atoms with van der Waals surface area (Å²) in [7, 11) is 0. The van der Waals surface area contributed by atoms with E-state index in [0.29, 0.717) is 5.69 Å². The highest BCUT2D eigenvalue weighted by molar-refractivity contribution is 6.69. The van der Waals surface area contributed by atoms with Gasteiger partial charge in [-0.2, -0.15) is 0 Å². The fourth-order valence-corrected chi connectivity index (χ4v) is 1.45. The maximum atomic E-state index is 7.32. The molecule has 0 amide bonds. The Hall–Kier alpha value is -1.41. The first kappa shape index (κ1) is 8.20. The molecule has 0 radical (unpaired) electrons. The lowest BCUT2D eigenvalue weighted by molar-refractivity contribution is 1.32. The summed E-state index contributed by atoms with van der Waals surface area (Å²) in [6.07, 6.45) is 1.66. The van der Waals surface area contributed by atoms with E-state index in [1.165, 1.54) is 0 Å². The van der Waals surface area contributed by atoms with Crippen molar-refractivity contribution >= 4 is 27.5 Å². The summed E-state index contributed by atoms with van der Waals surface area (Å²) in [6, 6.07) is 9.64. The van der Waals surface area contributed by atoms with Gasteiger partial charge in [0.1, 0.15) is 10.9 Å². The molecule has 0 spiro atoms. The number of pyridine rings is 1. The number of hydrogen-bond acceptors (Lipinski definition) is 2. The summed E-state index contributed by atoms with van der Waals surface area (Å²) >= 11 is 5.60. The smallest absolute Gasteiger partial charge is 0.147 e. The fraction of sp³-hybridized carbons (Fsp3) is 0. The summed E-state index contributed by atoms with van der Waals surface area (Å²) in [5, 5.41) is 9.28. The summed E-state index contributed by atoms with van der Waals surface area (Å²) in [4.78, 5) is 4.05. The van der Waals surface area contributed by atoms with Crippen molar-refractivity contribution in [2.75, 3.05) is 0 Å². The molecule has 0 unspecified atom stereocenters. The van der Waals surface area contributed by atoms with Gasteiger partial charge in [-0.25, -0.2) is 0 Å². The molecule has 1 N–H and O–H groups in total. The highest BCUT2D eigenvalue weighted by Crippen LogP contribution is 2.17. The molecule has 3 heteroatoms. The zero-order valence-corrected chi connectivity index (χ0v) is 7.55. The van der Waals surface area contributed by atoms with Crippen LogP contribution in [0.15, 0.2) is 36.5 Å². The molecule has 0 aliphatic heterocycles. The second-order valence-electron chi connectivity index (χ2n) is 2.69. The molecule has 0 aliphatic rings. The van der Waals surface area contributed by atoms with E-state index in [2.05, 4.69) is 4.98 Å². The fourth-order valence-electron chi connectivity index (χ4n) is 1.29. The van der Waals surface area contributed by atoms with Crippen LogP contribution < -0.4 is 0 Å². The standard InChI is InChI=1S/C10H7ClN2/c11-10(12)9-8-4-2-1-3-7(8)5-6-13-9/h1-6,12H. The lowest BCUT2D eigenvalue weighted by atomic mass is 10.1. The van der Waals surface area contributed by atoms with Crippen molar-refractivity contribution < 1.29 is 0 Å². The Bertz CT molecular complexity index is 460. The summed E-state index contributed by atoms with van der Waals surface area (Å²) < 4.78 is 0. The van der Waals surface area contributed by atoms with Crippen molar-refractivity contribution in [3.8, 4) is 0 Å². The summed E-state index contributed by atoms with van der Waals surface area (Å²) in [5.74, 6) is 0. The van der Waals surface area contributed by atoms with E-state index >= 15 is 0 Å². The minimum absolute atomic E-state index is 0.0169. The Balaban J connectivity index is 2.83. The van der Waals surface area contributed by atoms with Gasteiger partial charge in [-0.3, -0.25) is 10.4 Å². The van der Waals surface area contributed by atoms with Gasteiger partial charge in [0.15, 0.2) is 0 Å². The van der Waals surface area contributed by atoms with Gasteiger partial charge in [-0.05, 0) is 11.5 Å². The van der Waals surface area contributed by atoms with E-state index in [1.807, 2.05) is 30.3 Å². The lowest BCUT2D eigenvalue weighted by Crippen LogP contribution is -1.94. The third-order valence-electron chi connectivity index (χ3n) is 1.88. The molecule has 0 bridgehead atoms. The van der Waals surface area contributed by atoms with Gasteiger partial charge in [-0.1, -0.05) is 35.9 Å². The summed E-state index contributed by atoms with van der Waals surface area (Å²) in [6.45, 7) is 0. The van der Waals surface area contributed by atoms with Gasteiger partial charge in [0.05, 0.1) is 0 Å². The van der Waals surface area contributed by atoms with Crippen LogP contribution in [0, 0.1) is 5.41 Å². The Morgan fingerprint density at radius 2 is 2.00 bits per heavy atom. The van der Waals surface area contributed by atoms with Crippen molar-refractivity contribution in [2.45, 2.75) is 0 Å². The molecular weight excluding hydrogens is 184 g/mol. The number of aromatic nitrogens is 1. The minimum Gasteiger partial charge on any atom is -0.287 e. The maximum Gasteiger partial charge on any atom is 0.147 e. The first-order valence-corrected chi connectivity index (χ1v) is 4.25. The van der Waals surface area contributed by atoms with Crippen molar-refractivity contribution in [3.05, 3.63) is 42.2 Å². The van der Waals surface area contributed by atoms with E-state index in [-0.39, 0.29) is 5.17 Å². The van der Waals surface area contributed by atoms with Crippen LogP contribution in [-0.2, 0) is 0 Å². The second-order valence-corrected chi connectivity index (χ2v) is 3.07. The number of nitrogens with zero attached hydrogens (tertiary/aromatic N) is 1. The molecule has 2 aromatic rings. The van der Waals surface area contributed by atoms with Crippen molar-refractivity contribution in [1.29, 1.82) is 5.41 Å². The molecule has 0 atom stereocenters. The van der Waals surface area contributed by atoms with Crippen LogP contribution in [-0.4, -0.2) is 10.2 Å². The lowest BCUT2D eigenvalue weighted by Gasteiger charge is -2.00. The molecule has 0 fully saturated rings. The molecule has 0 saturated heterocycles. The predicted molar refractivity (Wildman–Crippen MR) is 54.4 cm³/mol. The largest absolute Gasteiger partial charge is 0.287 e. The molecule has 13 heavy (non-hydrogen) atoms. The number of hydrogen-bond donors (Lipinski definition) is 1. The van der Waals surface area contributed by atoms with Crippen molar-refractivity contribution in [1.82, 2.24) is 4.98 Å².